The van der Waals surface area contributed by atoms with Crippen LogP contribution in [0.5, 0.6) is 0 Å². The normalized spacial score (nSPS) is 10.8. The van der Waals surface area contributed by atoms with E-state index in [1.165, 1.54) is 6.33 Å². The summed E-state index contributed by atoms with van der Waals surface area (Å²) < 4.78 is 0. The number of rotatable bonds is 5. The van der Waals surface area contributed by atoms with Crippen LogP contribution in [0, 0.1) is 0 Å². The average molecular weight is 239 g/mol. The van der Waals surface area contributed by atoms with Crippen LogP contribution in [0.4, 0.5) is 5.95 Å². The van der Waals surface area contributed by atoms with Gasteiger partial charge in [0.05, 0.1) is 6.33 Å². The lowest BCUT2D eigenvalue weighted by atomic mass is 10.5. The second-order valence-corrected chi connectivity index (χ2v) is 4.53. The molecule has 0 atom stereocenters. The summed E-state index contributed by atoms with van der Waals surface area (Å²) in [5.41, 5.74) is 0.649. The molecule has 0 bridgehead atoms. The number of hydrogen-bond acceptors (Lipinski definition) is 5. The van der Waals surface area contributed by atoms with Crippen LogP contribution in [0.25, 0.3) is 11.2 Å². The Balaban J connectivity index is 2.10. The summed E-state index contributed by atoms with van der Waals surface area (Å²) in [6.07, 6.45) is 1.46. The first-order valence-electron chi connectivity index (χ1n) is 5.06. The molecule has 0 amide bonds. The highest BCUT2D eigenvalue weighted by Crippen LogP contribution is 2.03. The lowest BCUT2D eigenvalue weighted by Gasteiger charge is -2.03. The zero-order chi connectivity index (χ0) is 11.4. The zero-order valence-electron chi connectivity index (χ0n) is 8.91. The summed E-state index contributed by atoms with van der Waals surface area (Å²) in [5, 5.41) is 3.06. The molecule has 6 nitrogen and oxygen atoms in total. The first kappa shape index (κ1) is 11.0. The minimum Gasteiger partial charge on any atom is -0.355 e. The van der Waals surface area contributed by atoms with Crippen molar-refractivity contribution < 1.29 is 0 Å². The summed E-state index contributed by atoms with van der Waals surface area (Å²) in [5.74, 6) is 2.55. The predicted octanol–water partition coefficient (Wildman–Crippen LogP) is 0.811. The van der Waals surface area contributed by atoms with Gasteiger partial charge in [0.1, 0.15) is 0 Å². The van der Waals surface area contributed by atoms with Gasteiger partial charge in [-0.1, -0.05) is 6.92 Å². The van der Waals surface area contributed by atoms with E-state index < -0.39 is 0 Å². The molecule has 7 heteroatoms. The van der Waals surface area contributed by atoms with E-state index in [1.807, 2.05) is 11.8 Å². The third-order valence-corrected chi connectivity index (χ3v) is 2.94. The Morgan fingerprint density at radius 3 is 3.25 bits per heavy atom. The Bertz CT molecular complexity index is 520. The van der Waals surface area contributed by atoms with Gasteiger partial charge in [-0.2, -0.15) is 16.7 Å². The van der Waals surface area contributed by atoms with Crippen LogP contribution in [0.2, 0.25) is 0 Å². The smallest absolute Gasteiger partial charge is 0.278 e. The molecule has 0 aromatic carbocycles. The fourth-order valence-corrected chi connectivity index (χ4v) is 1.85. The summed E-state index contributed by atoms with van der Waals surface area (Å²) in [4.78, 5) is 25.1. The molecule has 0 aliphatic carbocycles. The van der Waals surface area contributed by atoms with Crippen LogP contribution in [-0.4, -0.2) is 38.0 Å². The molecule has 16 heavy (non-hydrogen) atoms. The maximum Gasteiger partial charge on any atom is 0.278 e. The van der Waals surface area contributed by atoms with Crippen molar-refractivity contribution in [2.24, 2.45) is 0 Å². The van der Waals surface area contributed by atoms with Crippen molar-refractivity contribution in [1.29, 1.82) is 0 Å². The van der Waals surface area contributed by atoms with Crippen molar-refractivity contribution in [2.75, 3.05) is 23.4 Å². The second-order valence-electron chi connectivity index (χ2n) is 3.14. The summed E-state index contributed by atoms with van der Waals surface area (Å²) in [6.45, 7) is 2.89. The second kappa shape index (κ2) is 5.02. The SMILES string of the molecule is CCSCCNc1nc2nc[nH]c2c(=O)[nH]1. The quantitative estimate of drug-likeness (QED) is 0.672. The van der Waals surface area contributed by atoms with Gasteiger partial charge in [0.25, 0.3) is 5.56 Å². The van der Waals surface area contributed by atoms with E-state index in [0.29, 0.717) is 17.1 Å². The minimum atomic E-state index is -0.201. The van der Waals surface area contributed by atoms with Gasteiger partial charge in [-0.25, -0.2) is 4.98 Å². The lowest BCUT2D eigenvalue weighted by molar-refractivity contribution is 1.09. The lowest BCUT2D eigenvalue weighted by Crippen LogP contribution is -2.14. The number of nitrogens with one attached hydrogen (secondary N) is 3. The first-order valence-corrected chi connectivity index (χ1v) is 6.21. The van der Waals surface area contributed by atoms with Crippen LogP contribution in [0.3, 0.4) is 0 Å². The number of aromatic nitrogens is 4. The van der Waals surface area contributed by atoms with Crippen LogP contribution < -0.4 is 10.9 Å². The topological polar surface area (TPSA) is 86.5 Å². The van der Waals surface area contributed by atoms with Crippen molar-refractivity contribution in [3.05, 3.63) is 16.7 Å². The van der Waals surface area contributed by atoms with E-state index in [9.17, 15) is 4.79 Å². The molecule has 0 aliphatic heterocycles. The Kier molecular flexibility index (Phi) is 3.45. The highest BCUT2D eigenvalue weighted by Gasteiger charge is 2.04. The summed E-state index contributed by atoms with van der Waals surface area (Å²) in [7, 11) is 0. The molecule has 86 valence electrons. The highest BCUT2D eigenvalue weighted by atomic mass is 32.2. The van der Waals surface area contributed by atoms with E-state index >= 15 is 0 Å². The van der Waals surface area contributed by atoms with Crippen molar-refractivity contribution in [3.8, 4) is 0 Å². The molecule has 0 saturated carbocycles. The van der Waals surface area contributed by atoms with E-state index in [-0.39, 0.29) is 5.56 Å². The average Bonchev–Trinajstić information content (AvgIpc) is 2.73. The Morgan fingerprint density at radius 2 is 2.44 bits per heavy atom. The Morgan fingerprint density at radius 1 is 1.56 bits per heavy atom. The largest absolute Gasteiger partial charge is 0.355 e. The van der Waals surface area contributed by atoms with Gasteiger partial charge in [0.2, 0.25) is 5.95 Å². The summed E-state index contributed by atoms with van der Waals surface area (Å²) in [6, 6.07) is 0. The van der Waals surface area contributed by atoms with Gasteiger partial charge in [-0.3, -0.25) is 9.78 Å². The molecular formula is C9H13N5OS. The fourth-order valence-electron chi connectivity index (χ4n) is 1.31. The Hall–Kier alpha value is -1.50. The van der Waals surface area contributed by atoms with Gasteiger partial charge < -0.3 is 10.3 Å². The molecule has 0 saturated heterocycles. The predicted molar refractivity (Wildman–Crippen MR) is 66.0 cm³/mol. The van der Waals surface area contributed by atoms with E-state index in [0.717, 1.165) is 18.1 Å². The van der Waals surface area contributed by atoms with Crippen molar-refractivity contribution >= 4 is 28.9 Å². The molecule has 3 N–H and O–H groups in total. The number of anilines is 1. The monoisotopic (exact) mass is 239 g/mol. The highest BCUT2D eigenvalue weighted by molar-refractivity contribution is 7.99. The van der Waals surface area contributed by atoms with E-state index in [2.05, 4.69) is 32.2 Å². The first-order chi connectivity index (χ1) is 7.81. The molecule has 2 heterocycles. The maximum atomic E-state index is 11.5. The van der Waals surface area contributed by atoms with Gasteiger partial charge >= 0.3 is 0 Å². The van der Waals surface area contributed by atoms with Crippen molar-refractivity contribution in [1.82, 2.24) is 19.9 Å². The van der Waals surface area contributed by atoms with Crippen LogP contribution >= 0.6 is 11.8 Å². The molecule has 2 aromatic heterocycles. The third kappa shape index (κ3) is 2.35. The number of aromatic amines is 2. The maximum absolute atomic E-state index is 11.5. The molecular weight excluding hydrogens is 226 g/mol. The molecule has 2 aromatic rings. The minimum absolute atomic E-state index is 0.201. The summed E-state index contributed by atoms with van der Waals surface area (Å²) >= 11 is 1.83. The number of imidazole rings is 1. The molecule has 0 spiro atoms. The van der Waals surface area contributed by atoms with Gasteiger partial charge in [-0.05, 0) is 5.75 Å². The standard InChI is InChI=1S/C9H13N5OS/c1-2-16-4-3-10-9-13-7-6(8(15)14-9)11-5-12-7/h5H,2-4H2,1H3,(H3,10,11,12,13,14,15). The zero-order valence-corrected chi connectivity index (χ0v) is 9.73. The van der Waals surface area contributed by atoms with Crippen LogP contribution in [0.15, 0.2) is 11.1 Å². The van der Waals surface area contributed by atoms with Gasteiger partial charge in [0, 0.05) is 12.3 Å². The molecule has 2 rings (SSSR count). The van der Waals surface area contributed by atoms with E-state index in [4.69, 9.17) is 0 Å². The van der Waals surface area contributed by atoms with E-state index in [1.54, 1.807) is 0 Å². The Labute approximate surface area is 96.3 Å². The van der Waals surface area contributed by atoms with Crippen LogP contribution in [0.1, 0.15) is 6.92 Å². The fraction of sp³-hybridized carbons (Fsp3) is 0.444. The molecule has 0 fully saturated rings. The molecule has 0 radical (unpaired) electrons. The van der Waals surface area contributed by atoms with Crippen molar-refractivity contribution in [2.45, 2.75) is 6.92 Å². The third-order valence-electron chi connectivity index (χ3n) is 2.04. The number of H-pyrrole nitrogens is 2. The number of nitrogens with zero attached hydrogens (tertiary/aromatic N) is 2. The number of thioether (sulfide) groups is 1. The molecule has 0 aliphatic rings. The van der Waals surface area contributed by atoms with Crippen LogP contribution in [-0.2, 0) is 0 Å². The number of hydrogen-bond donors (Lipinski definition) is 3. The molecule has 0 unspecified atom stereocenters. The number of fused-ring (bicyclic) bond motifs is 1. The van der Waals surface area contributed by atoms with Gasteiger partial charge in [0.15, 0.2) is 11.2 Å². The van der Waals surface area contributed by atoms with Gasteiger partial charge in [-0.15, -0.1) is 0 Å². The van der Waals surface area contributed by atoms with Crippen molar-refractivity contribution in [3.63, 3.8) is 0 Å².